The second kappa shape index (κ2) is 8.93. The highest BCUT2D eigenvalue weighted by Crippen LogP contribution is 2.24. The van der Waals surface area contributed by atoms with E-state index in [1.165, 1.54) is 64.5 Å². The van der Waals surface area contributed by atoms with Crippen LogP contribution < -0.4 is 5.73 Å². The Morgan fingerprint density at radius 3 is 2.35 bits per heavy atom. The zero-order valence-electron chi connectivity index (χ0n) is 12.0. The number of nitrogens with zero attached hydrogens (tertiary/aromatic N) is 1. The summed E-state index contributed by atoms with van der Waals surface area (Å²) in [5.74, 6) is 0.991. The van der Waals surface area contributed by atoms with Crippen LogP contribution in [-0.4, -0.2) is 30.6 Å². The fraction of sp³-hybridized carbons (Fsp3) is 1.00. The molecule has 1 unspecified atom stereocenters. The van der Waals surface area contributed by atoms with Crippen LogP contribution >= 0.6 is 0 Å². The van der Waals surface area contributed by atoms with Gasteiger partial charge in [-0.05, 0) is 38.3 Å². The van der Waals surface area contributed by atoms with E-state index in [4.69, 9.17) is 5.73 Å². The van der Waals surface area contributed by atoms with Crippen molar-refractivity contribution in [3.8, 4) is 0 Å². The molecule has 2 heteroatoms. The van der Waals surface area contributed by atoms with Crippen molar-refractivity contribution in [3.63, 3.8) is 0 Å². The highest BCUT2D eigenvalue weighted by molar-refractivity contribution is 4.79. The Morgan fingerprint density at radius 2 is 1.82 bits per heavy atom. The lowest BCUT2D eigenvalue weighted by molar-refractivity contribution is 0.124. The number of rotatable bonds is 8. The summed E-state index contributed by atoms with van der Waals surface area (Å²) in [7, 11) is 0. The standard InChI is InChI=1S/C15H32N2/c1-3-5-6-8-15(13-16)17-11-9-14(7-4-2)10-12-17/h14-15H,3-13,16H2,1-2H3. The van der Waals surface area contributed by atoms with Crippen LogP contribution in [0.3, 0.4) is 0 Å². The first kappa shape index (κ1) is 15.0. The van der Waals surface area contributed by atoms with Gasteiger partial charge in [0.1, 0.15) is 0 Å². The van der Waals surface area contributed by atoms with Crippen LogP contribution in [-0.2, 0) is 0 Å². The third kappa shape index (κ3) is 5.39. The van der Waals surface area contributed by atoms with Crippen molar-refractivity contribution < 1.29 is 0 Å². The molecular weight excluding hydrogens is 208 g/mol. The van der Waals surface area contributed by atoms with E-state index in [0.29, 0.717) is 6.04 Å². The Hall–Kier alpha value is -0.0800. The predicted molar refractivity (Wildman–Crippen MR) is 76.2 cm³/mol. The summed E-state index contributed by atoms with van der Waals surface area (Å²) in [6.07, 6.45) is 10.9. The van der Waals surface area contributed by atoms with E-state index in [-0.39, 0.29) is 0 Å². The molecule has 1 aliphatic rings. The van der Waals surface area contributed by atoms with Crippen molar-refractivity contribution in [2.75, 3.05) is 19.6 Å². The Kier molecular flexibility index (Phi) is 7.87. The first-order chi connectivity index (χ1) is 8.31. The maximum atomic E-state index is 5.94. The summed E-state index contributed by atoms with van der Waals surface area (Å²) in [6, 6.07) is 0.657. The molecule has 0 amide bonds. The van der Waals surface area contributed by atoms with Crippen molar-refractivity contribution in [2.24, 2.45) is 11.7 Å². The van der Waals surface area contributed by atoms with Crippen LogP contribution in [0.5, 0.6) is 0 Å². The van der Waals surface area contributed by atoms with E-state index in [9.17, 15) is 0 Å². The van der Waals surface area contributed by atoms with E-state index in [0.717, 1.165) is 12.5 Å². The molecule has 1 heterocycles. The number of unbranched alkanes of at least 4 members (excludes halogenated alkanes) is 2. The smallest absolute Gasteiger partial charge is 0.0218 e. The molecule has 0 bridgehead atoms. The van der Waals surface area contributed by atoms with E-state index >= 15 is 0 Å². The molecule has 0 radical (unpaired) electrons. The molecule has 1 fully saturated rings. The van der Waals surface area contributed by atoms with Gasteiger partial charge in [-0.2, -0.15) is 0 Å². The molecule has 1 aliphatic heterocycles. The predicted octanol–water partition coefficient (Wildman–Crippen LogP) is 3.41. The zero-order valence-corrected chi connectivity index (χ0v) is 12.0. The molecule has 0 saturated carbocycles. The maximum absolute atomic E-state index is 5.94. The molecule has 1 rings (SSSR count). The van der Waals surface area contributed by atoms with Crippen molar-refractivity contribution in [1.82, 2.24) is 4.90 Å². The second-order valence-corrected chi connectivity index (χ2v) is 5.65. The van der Waals surface area contributed by atoms with Gasteiger partial charge in [0.15, 0.2) is 0 Å². The van der Waals surface area contributed by atoms with Crippen molar-refractivity contribution in [1.29, 1.82) is 0 Å². The normalized spacial score (nSPS) is 20.6. The Balaban J connectivity index is 2.24. The molecule has 17 heavy (non-hydrogen) atoms. The fourth-order valence-electron chi connectivity index (χ4n) is 3.09. The minimum absolute atomic E-state index is 0.657. The summed E-state index contributed by atoms with van der Waals surface area (Å²) in [5.41, 5.74) is 5.94. The van der Waals surface area contributed by atoms with Gasteiger partial charge in [-0.3, -0.25) is 4.90 Å². The largest absolute Gasteiger partial charge is 0.329 e. The van der Waals surface area contributed by atoms with E-state index in [1.54, 1.807) is 0 Å². The highest BCUT2D eigenvalue weighted by Gasteiger charge is 2.23. The Labute approximate surface area is 108 Å². The monoisotopic (exact) mass is 240 g/mol. The first-order valence-electron chi connectivity index (χ1n) is 7.75. The van der Waals surface area contributed by atoms with E-state index < -0.39 is 0 Å². The number of piperidine rings is 1. The molecule has 0 aromatic heterocycles. The number of hydrogen-bond acceptors (Lipinski definition) is 2. The van der Waals surface area contributed by atoms with Crippen molar-refractivity contribution >= 4 is 0 Å². The van der Waals surface area contributed by atoms with Gasteiger partial charge >= 0.3 is 0 Å². The second-order valence-electron chi connectivity index (χ2n) is 5.65. The van der Waals surface area contributed by atoms with Crippen LogP contribution in [0.2, 0.25) is 0 Å². The molecule has 0 aliphatic carbocycles. The van der Waals surface area contributed by atoms with Gasteiger partial charge in [-0.15, -0.1) is 0 Å². The summed E-state index contributed by atoms with van der Waals surface area (Å²) >= 11 is 0. The van der Waals surface area contributed by atoms with Crippen molar-refractivity contribution in [2.45, 2.75) is 71.3 Å². The van der Waals surface area contributed by atoms with Crippen LogP contribution in [0, 0.1) is 5.92 Å². The highest BCUT2D eigenvalue weighted by atomic mass is 15.2. The van der Waals surface area contributed by atoms with Gasteiger partial charge < -0.3 is 5.73 Å². The number of nitrogens with two attached hydrogens (primary N) is 1. The van der Waals surface area contributed by atoms with Gasteiger partial charge in [-0.25, -0.2) is 0 Å². The van der Waals surface area contributed by atoms with Gasteiger partial charge in [0.2, 0.25) is 0 Å². The fourth-order valence-corrected chi connectivity index (χ4v) is 3.09. The first-order valence-corrected chi connectivity index (χ1v) is 7.75. The summed E-state index contributed by atoms with van der Waals surface area (Å²) in [4.78, 5) is 2.65. The van der Waals surface area contributed by atoms with Crippen LogP contribution in [0.1, 0.15) is 65.2 Å². The quantitative estimate of drug-likeness (QED) is 0.659. The molecule has 1 atom stereocenters. The lowest BCUT2D eigenvalue weighted by Gasteiger charge is -2.37. The third-order valence-electron chi connectivity index (χ3n) is 4.28. The molecule has 2 nitrogen and oxygen atoms in total. The average molecular weight is 240 g/mol. The van der Waals surface area contributed by atoms with Gasteiger partial charge in [0, 0.05) is 12.6 Å². The summed E-state index contributed by atoms with van der Waals surface area (Å²) in [5, 5.41) is 0. The van der Waals surface area contributed by atoms with Gasteiger partial charge in [0.05, 0.1) is 0 Å². The van der Waals surface area contributed by atoms with Crippen LogP contribution in [0.4, 0.5) is 0 Å². The topological polar surface area (TPSA) is 29.3 Å². The van der Waals surface area contributed by atoms with Crippen LogP contribution in [0.25, 0.3) is 0 Å². The zero-order chi connectivity index (χ0) is 12.5. The maximum Gasteiger partial charge on any atom is 0.0218 e. The van der Waals surface area contributed by atoms with E-state index in [1.807, 2.05) is 0 Å². The minimum atomic E-state index is 0.657. The minimum Gasteiger partial charge on any atom is -0.329 e. The van der Waals surface area contributed by atoms with E-state index in [2.05, 4.69) is 18.7 Å². The third-order valence-corrected chi connectivity index (χ3v) is 4.28. The molecule has 1 saturated heterocycles. The molecule has 0 aromatic carbocycles. The number of likely N-dealkylation sites (tertiary alicyclic amines) is 1. The molecule has 102 valence electrons. The molecule has 0 aromatic rings. The Morgan fingerprint density at radius 1 is 1.12 bits per heavy atom. The van der Waals surface area contributed by atoms with Gasteiger partial charge in [0.25, 0.3) is 0 Å². The summed E-state index contributed by atoms with van der Waals surface area (Å²) in [6.45, 7) is 8.01. The van der Waals surface area contributed by atoms with Gasteiger partial charge in [-0.1, -0.05) is 46.0 Å². The SMILES string of the molecule is CCCCCC(CN)N1CCC(CCC)CC1. The van der Waals surface area contributed by atoms with Crippen LogP contribution in [0.15, 0.2) is 0 Å². The molecular formula is C15H32N2. The lowest BCUT2D eigenvalue weighted by Crippen LogP contribution is -2.45. The number of hydrogen-bond donors (Lipinski definition) is 1. The average Bonchev–Trinajstić information content (AvgIpc) is 2.36. The van der Waals surface area contributed by atoms with Crippen molar-refractivity contribution in [3.05, 3.63) is 0 Å². The lowest BCUT2D eigenvalue weighted by atomic mass is 9.91. The Bertz CT molecular complexity index is 174. The molecule has 2 N–H and O–H groups in total. The molecule has 0 spiro atoms. The summed E-state index contributed by atoms with van der Waals surface area (Å²) < 4.78 is 0.